The molecular weight excluding hydrogens is 482 g/mol. The summed E-state index contributed by atoms with van der Waals surface area (Å²) >= 11 is 0. The molecule has 200 valence electrons. The Morgan fingerprint density at radius 1 is 1.26 bits per heavy atom. The van der Waals surface area contributed by atoms with E-state index in [9.17, 15) is 5.11 Å². The third-order valence-corrected chi connectivity index (χ3v) is 7.53. The van der Waals surface area contributed by atoms with Crippen LogP contribution in [-0.4, -0.2) is 71.2 Å². The summed E-state index contributed by atoms with van der Waals surface area (Å²) in [4.78, 5) is 2.47. The van der Waals surface area contributed by atoms with Crippen LogP contribution in [-0.2, 0) is 20.1 Å². The van der Waals surface area contributed by atoms with Crippen LogP contribution in [0.25, 0.3) is 34.2 Å². The molecule has 2 bridgehead atoms. The van der Waals surface area contributed by atoms with Gasteiger partial charge in [-0.15, -0.1) is 5.10 Å². The summed E-state index contributed by atoms with van der Waals surface area (Å²) in [6, 6.07) is 6.45. The predicted molar refractivity (Wildman–Crippen MR) is 146 cm³/mol. The molecule has 0 aliphatic carbocycles. The van der Waals surface area contributed by atoms with E-state index in [4.69, 9.17) is 14.6 Å². The number of aryl methyl sites for hydroxylation is 1. The fraction of sp³-hybridized carbons (Fsp3) is 0.464. The molecule has 10 heteroatoms. The van der Waals surface area contributed by atoms with Gasteiger partial charge in [-0.1, -0.05) is 6.07 Å². The highest BCUT2D eigenvalue weighted by atomic mass is 16.5. The van der Waals surface area contributed by atoms with Crippen molar-refractivity contribution < 1.29 is 14.6 Å². The number of nitrogens with zero attached hydrogens (tertiary/aromatic N) is 6. The Hall–Kier alpha value is -3.63. The van der Waals surface area contributed by atoms with Gasteiger partial charge in [0, 0.05) is 25.0 Å². The van der Waals surface area contributed by atoms with Gasteiger partial charge in [0.2, 0.25) is 11.8 Å². The second-order valence-corrected chi connectivity index (χ2v) is 10.5. The van der Waals surface area contributed by atoms with Crippen LogP contribution < -0.4 is 9.47 Å². The largest absolute Gasteiger partial charge is 0.473 e. The van der Waals surface area contributed by atoms with Crippen molar-refractivity contribution in [3.05, 3.63) is 41.3 Å². The Labute approximate surface area is 221 Å². The monoisotopic (exact) mass is 517 g/mol. The summed E-state index contributed by atoms with van der Waals surface area (Å²) in [5.74, 6) is 1.34. The van der Waals surface area contributed by atoms with Crippen molar-refractivity contribution in [2.45, 2.75) is 65.0 Å². The molecule has 6 rings (SSSR count). The third-order valence-electron chi connectivity index (χ3n) is 7.53. The van der Waals surface area contributed by atoms with Crippen molar-refractivity contribution in [1.29, 1.82) is 0 Å². The van der Waals surface area contributed by atoms with Crippen LogP contribution in [0, 0.1) is 0 Å². The zero-order valence-corrected chi connectivity index (χ0v) is 22.4. The highest BCUT2D eigenvalue weighted by Gasteiger charge is 2.33. The topological polar surface area (TPSA) is 106 Å². The lowest BCUT2D eigenvalue weighted by atomic mass is 10.0. The first kappa shape index (κ1) is 24.7. The number of aromatic nitrogens is 6. The van der Waals surface area contributed by atoms with Crippen molar-refractivity contribution >= 4 is 23.1 Å². The molecule has 0 amide bonds. The number of ether oxygens (including phenoxy) is 2. The van der Waals surface area contributed by atoms with E-state index in [1.807, 2.05) is 48.6 Å². The van der Waals surface area contributed by atoms with Crippen LogP contribution in [0.5, 0.6) is 11.8 Å². The van der Waals surface area contributed by atoms with Gasteiger partial charge in [0.15, 0.2) is 0 Å². The van der Waals surface area contributed by atoms with E-state index >= 15 is 0 Å². The van der Waals surface area contributed by atoms with Crippen LogP contribution in [0.15, 0.2) is 24.4 Å². The molecule has 10 nitrogen and oxygen atoms in total. The Balaban J connectivity index is 1.55. The first-order valence-corrected chi connectivity index (χ1v) is 13.4. The zero-order valence-electron chi connectivity index (χ0n) is 22.4. The summed E-state index contributed by atoms with van der Waals surface area (Å²) in [7, 11) is 1.92. The van der Waals surface area contributed by atoms with Crippen LogP contribution >= 0.6 is 0 Å². The lowest BCUT2D eigenvalue weighted by Gasteiger charge is -2.30. The number of aromatic amines is 1. The first-order valence-electron chi connectivity index (χ1n) is 13.4. The highest BCUT2D eigenvalue weighted by Crippen LogP contribution is 2.36. The van der Waals surface area contributed by atoms with E-state index in [-0.39, 0.29) is 24.9 Å². The van der Waals surface area contributed by atoms with Crippen LogP contribution in [0.1, 0.15) is 50.6 Å². The number of aliphatic hydroxyl groups excluding tert-OH is 1. The predicted octanol–water partition coefficient (Wildman–Crippen LogP) is 3.86. The Morgan fingerprint density at radius 3 is 2.95 bits per heavy atom. The van der Waals surface area contributed by atoms with Gasteiger partial charge in [0.05, 0.1) is 53.5 Å². The Kier molecular flexibility index (Phi) is 6.45. The van der Waals surface area contributed by atoms with Gasteiger partial charge in [-0.2, -0.15) is 10.2 Å². The molecule has 0 saturated carbocycles. The number of benzene rings is 1. The molecule has 1 saturated heterocycles. The van der Waals surface area contributed by atoms with E-state index in [1.54, 1.807) is 0 Å². The average Bonchev–Trinajstić information content (AvgIpc) is 3.66. The molecule has 2 aliphatic rings. The summed E-state index contributed by atoms with van der Waals surface area (Å²) in [5.41, 5.74) is 5.71. The Morgan fingerprint density at radius 2 is 2.13 bits per heavy atom. The molecule has 2 N–H and O–H groups in total. The van der Waals surface area contributed by atoms with Gasteiger partial charge in [0.25, 0.3) is 0 Å². The molecule has 1 aromatic carbocycles. The highest BCUT2D eigenvalue weighted by molar-refractivity contribution is 5.93. The standard InChI is InChI=1S/C28H35N7O3/c1-17(2)37-27-20-8-10-24-21-14-19(7-9-23(21)30-31-24)22-15-29-33(4)28(22)38-18(3)25-6-5-11-34(25)16-26(20)35(32-27)12-13-36/h7-10,14-15,17-18,25,36H,5-6,11-13,16H2,1-4H3,(H,30,31)/b10-8+/t18-,25+/m0/s1. The lowest BCUT2D eigenvalue weighted by molar-refractivity contribution is 0.0920. The quantitative estimate of drug-likeness (QED) is 0.423. The van der Waals surface area contributed by atoms with Crippen LogP contribution in [0.3, 0.4) is 0 Å². The van der Waals surface area contributed by atoms with E-state index in [0.717, 1.165) is 64.2 Å². The van der Waals surface area contributed by atoms with Crippen LogP contribution in [0.2, 0.25) is 0 Å². The van der Waals surface area contributed by atoms with Crippen molar-refractivity contribution in [2.24, 2.45) is 7.05 Å². The van der Waals surface area contributed by atoms with Gasteiger partial charge in [-0.05, 0) is 70.0 Å². The fourth-order valence-electron chi connectivity index (χ4n) is 5.69. The van der Waals surface area contributed by atoms with E-state index in [2.05, 4.69) is 45.3 Å². The minimum absolute atomic E-state index is 0.000869. The van der Waals surface area contributed by atoms with Gasteiger partial charge in [-0.25, -0.2) is 4.68 Å². The summed E-state index contributed by atoms with van der Waals surface area (Å²) in [6.45, 7) is 8.19. The first-order chi connectivity index (χ1) is 18.4. The second kappa shape index (κ2) is 9.92. The van der Waals surface area contributed by atoms with Crippen molar-refractivity contribution in [3.8, 4) is 22.9 Å². The summed E-state index contributed by atoms with van der Waals surface area (Å²) < 4.78 is 16.5. The SMILES string of the molecule is CC(C)Oc1nn(CCO)c2c1/C=C/c1[nH]nc3ccc(cc13)-c1cnn(C)c1O[C@@H](C)[C@H]1CCCN1C2. The molecule has 3 aromatic heterocycles. The molecule has 0 spiro atoms. The minimum atomic E-state index is -0.0513. The molecule has 0 radical (unpaired) electrons. The van der Waals surface area contributed by atoms with Gasteiger partial charge >= 0.3 is 0 Å². The molecular formula is C28H35N7O3. The molecule has 38 heavy (non-hydrogen) atoms. The minimum Gasteiger partial charge on any atom is -0.473 e. The van der Waals surface area contributed by atoms with Crippen LogP contribution in [0.4, 0.5) is 0 Å². The smallest absolute Gasteiger partial charge is 0.240 e. The maximum Gasteiger partial charge on any atom is 0.240 e. The number of nitrogens with one attached hydrogen (secondary N) is 1. The van der Waals surface area contributed by atoms with E-state index < -0.39 is 0 Å². The van der Waals surface area contributed by atoms with Crippen molar-refractivity contribution in [1.82, 2.24) is 34.7 Å². The van der Waals surface area contributed by atoms with Crippen molar-refractivity contribution in [3.63, 3.8) is 0 Å². The van der Waals surface area contributed by atoms with Crippen molar-refractivity contribution in [2.75, 3.05) is 13.2 Å². The lowest BCUT2D eigenvalue weighted by Crippen LogP contribution is -2.41. The maximum atomic E-state index is 9.83. The summed E-state index contributed by atoms with van der Waals surface area (Å²) in [6.07, 6.45) is 8.04. The number of fused-ring (bicyclic) bond motifs is 5. The van der Waals surface area contributed by atoms with E-state index in [0.29, 0.717) is 19.0 Å². The fourth-order valence-corrected chi connectivity index (χ4v) is 5.69. The molecule has 5 heterocycles. The number of rotatable bonds is 4. The normalized spacial score (nSPS) is 20.6. The number of H-pyrrole nitrogens is 1. The Bertz CT molecular complexity index is 1480. The van der Waals surface area contributed by atoms with Gasteiger partial charge in [0.1, 0.15) is 6.10 Å². The summed E-state index contributed by atoms with van der Waals surface area (Å²) in [5, 5.41) is 27.9. The molecule has 1 fully saturated rings. The molecule has 4 aromatic rings. The van der Waals surface area contributed by atoms with Gasteiger partial charge < -0.3 is 14.6 Å². The number of hydrogen-bond acceptors (Lipinski definition) is 7. The average molecular weight is 518 g/mol. The molecule has 0 unspecified atom stereocenters. The van der Waals surface area contributed by atoms with E-state index in [1.165, 1.54) is 0 Å². The molecule has 2 atom stereocenters. The zero-order chi connectivity index (χ0) is 26.4. The number of hydrogen-bond donors (Lipinski definition) is 2. The maximum absolute atomic E-state index is 9.83. The van der Waals surface area contributed by atoms with Gasteiger partial charge in [-0.3, -0.25) is 14.7 Å². The third kappa shape index (κ3) is 4.37. The second-order valence-electron chi connectivity index (χ2n) is 10.5. The number of aliphatic hydroxyl groups is 1. The molecule has 2 aliphatic heterocycles.